The number of hydrogen-bond acceptors (Lipinski definition) is 3. The van der Waals surface area contributed by atoms with E-state index in [1.165, 1.54) is 59.0 Å². The molecule has 0 bridgehead atoms. The zero-order chi connectivity index (χ0) is 45.5. The van der Waals surface area contributed by atoms with Crippen LogP contribution in [0.1, 0.15) is 143 Å². The second-order valence-corrected chi connectivity index (χ2v) is 21.0. The largest absolute Gasteiger partial charge is 0.470 e. The fraction of sp³-hybridized carbons (Fsp3) is 0.424. The van der Waals surface area contributed by atoms with E-state index in [-0.39, 0.29) is 23.0 Å². The van der Waals surface area contributed by atoms with Crippen molar-refractivity contribution in [2.24, 2.45) is 23.2 Å². The first kappa shape index (κ1) is 47.5. The predicted octanol–water partition coefficient (Wildman–Crippen LogP) is 15.9. The van der Waals surface area contributed by atoms with Crippen molar-refractivity contribution in [1.82, 2.24) is 5.32 Å². The number of anilines is 1. The SMILES string of the molecule is C=C/C=C(N/C(C=C)=C/C=C/CC)\C(=C\Nc1ccc(C2=CCC(C(C)(C)C)C=C2)cc1C)B(C1=CCC(C(C)CCCC)C=C1)c1cc2cc3c(cc2o1)C(C)(C)CCC3(C)C. The summed E-state index contributed by atoms with van der Waals surface area (Å²) in [5.74, 6) is 1.68. The molecule has 0 aliphatic heterocycles. The highest BCUT2D eigenvalue weighted by Gasteiger charge is 2.39. The molecule has 6 rings (SSSR count). The molecule has 3 atom stereocenters. The second kappa shape index (κ2) is 20.3. The molecule has 0 radical (unpaired) electrons. The maximum Gasteiger partial charge on any atom is 0.291 e. The molecule has 0 spiro atoms. The van der Waals surface area contributed by atoms with Crippen molar-refractivity contribution in [3.63, 3.8) is 0 Å². The molecule has 3 aliphatic carbocycles. The van der Waals surface area contributed by atoms with E-state index in [0.29, 0.717) is 17.8 Å². The number of aryl methyl sites for hydroxylation is 1. The Morgan fingerprint density at radius 3 is 2.29 bits per heavy atom. The smallest absolute Gasteiger partial charge is 0.291 e. The Morgan fingerprint density at radius 1 is 0.937 bits per heavy atom. The van der Waals surface area contributed by atoms with Gasteiger partial charge in [0.25, 0.3) is 6.71 Å². The first-order valence-corrected chi connectivity index (χ1v) is 24.0. The molecule has 4 heteroatoms. The molecule has 2 aromatic carbocycles. The molecule has 0 fully saturated rings. The van der Waals surface area contributed by atoms with Crippen LogP contribution in [0.15, 0.2) is 155 Å². The van der Waals surface area contributed by atoms with Crippen molar-refractivity contribution in [1.29, 1.82) is 0 Å². The zero-order valence-electron chi connectivity index (χ0n) is 40.8. The number of rotatable bonds is 17. The van der Waals surface area contributed by atoms with Gasteiger partial charge in [-0.25, -0.2) is 0 Å². The predicted molar refractivity (Wildman–Crippen MR) is 278 cm³/mol. The first-order valence-electron chi connectivity index (χ1n) is 24.0. The van der Waals surface area contributed by atoms with Crippen LogP contribution >= 0.6 is 0 Å². The summed E-state index contributed by atoms with van der Waals surface area (Å²) < 4.78 is 7.16. The second-order valence-electron chi connectivity index (χ2n) is 21.0. The third kappa shape index (κ3) is 11.2. The molecule has 63 heavy (non-hydrogen) atoms. The van der Waals surface area contributed by atoms with Crippen LogP contribution in [0, 0.1) is 30.1 Å². The Balaban J connectivity index is 1.50. The molecule has 0 amide bonds. The number of furan rings is 1. The minimum Gasteiger partial charge on any atom is -0.470 e. The first-order chi connectivity index (χ1) is 30.0. The summed E-state index contributed by atoms with van der Waals surface area (Å²) in [5.41, 5.74) is 14.0. The molecular weight excluding hydrogens is 763 g/mol. The van der Waals surface area contributed by atoms with Crippen LogP contribution in [0.4, 0.5) is 5.69 Å². The third-order valence-electron chi connectivity index (χ3n) is 14.2. The van der Waals surface area contributed by atoms with Crippen molar-refractivity contribution in [2.75, 3.05) is 5.32 Å². The normalized spacial score (nSPS) is 20.6. The molecular formula is C59H77BN2O. The van der Waals surface area contributed by atoms with Crippen LogP contribution in [0.5, 0.6) is 0 Å². The lowest BCUT2D eigenvalue weighted by molar-refractivity contribution is 0.294. The number of hydrogen-bond donors (Lipinski definition) is 2. The topological polar surface area (TPSA) is 37.2 Å². The van der Waals surface area contributed by atoms with Crippen LogP contribution < -0.4 is 16.3 Å². The van der Waals surface area contributed by atoms with E-state index < -0.39 is 0 Å². The maximum atomic E-state index is 7.16. The van der Waals surface area contributed by atoms with E-state index in [9.17, 15) is 0 Å². The van der Waals surface area contributed by atoms with Crippen LogP contribution in [0.25, 0.3) is 16.5 Å². The van der Waals surface area contributed by atoms with Crippen molar-refractivity contribution in [2.45, 2.75) is 138 Å². The summed E-state index contributed by atoms with van der Waals surface area (Å²) in [6, 6.07) is 13.9. The molecule has 0 saturated heterocycles. The van der Waals surface area contributed by atoms with Gasteiger partial charge in [-0.05, 0) is 161 Å². The maximum absolute atomic E-state index is 7.16. The van der Waals surface area contributed by atoms with Gasteiger partial charge >= 0.3 is 0 Å². The van der Waals surface area contributed by atoms with Crippen molar-refractivity contribution in [3.8, 4) is 0 Å². The van der Waals surface area contributed by atoms with E-state index >= 15 is 0 Å². The van der Waals surface area contributed by atoms with Gasteiger partial charge in [0.2, 0.25) is 0 Å². The molecule has 0 saturated carbocycles. The van der Waals surface area contributed by atoms with E-state index in [4.69, 9.17) is 4.42 Å². The van der Waals surface area contributed by atoms with Gasteiger partial charge in [0.15, 0.2) is 0 Å². The molecule has 3 aliphatic rings. The Labute approximate surface area is 382 Å². The van der Waals surface area contributed by atoms with Gasteiger partial charge in [0, 0.05) is 22.5 Å². The Kier molecular flexibility index (Phi) is 15.3. The average Bonchev–Trinajstić information content (AvgIpc) is 3.68. The summed E-state index contributed by atoms with van der Waals surface area (Å²) >= 11 is 0. The van der Waals surface area contributed by atoms with Crippen LogP contribution in [0.3, 0.4) is 0 Å². The Hall–Kier alpha value is -4.96. The fourth-order valence-corrected chi connectivity index (χ4v) is 9.70. The van der Waals surface area contributed by atoms with Gasteiger partial charge in [-0.2, -0.15) is 0 Å². The van der Waals surface area contributed by atoms with E-state index in [2.05, 4.69) is 203 Å². The summed E-state index contributed by atoms with van der Waals surface area (Å²) in [5, 5.41) is 8.77. The molecule has 3 aromatic rings. The molecule has 2 N–H and O–H groups in total. The molecule has 3 nitrogen and oxygen atoms in total. The van der Waals surface area contributed by atoms with Crippen molar-refractivity contribution >= 4 is 34.6 Å². The minimum atomic E-state index is -0.227. The van der Waals surface area contributed by atoms with Crippen molar-refractivity contribution < 1.29 is 4.42 Å². The number of fused-ring (bicyclic) bond motifs is 2. The summed E-state index contributed by atoms with van der Waals surface area (Å²) in [7, 11) is 0. The van der Waals surface area contributed by atoms with Crippen LogP contribution in [-0.2, 0) is 10.8 Å². The van der Waals surface area contributed by atoms with Crippen LogP contribution in [-0.4, -0.2) is 6.71 Å². The van der Waals surface area contributed by atoms with Gasteiger partial charge in [-0.1, -0.05) is 168 Å². The zero-order valence-corrected chi connectivity index (χ0v) is 40.8. The molecule has 3 unspecified atom stereocenters. The third-order valence-corrected chi connectivity index (χ3v) is 14.2. The van der Waals surface area contributed by atoms with Gasteiger partial charge in [-0.15, -0.1) is 0 Å². The van der Waals surface area contributed by atoms with E-state index in [1.54, 1.807) is 0 Å². The average molecular weight is 841 g/mol. The number of unbranched alkanes of at least 4 members (excludes halogenated alkanes) is 1. The fourth-order valence-electron chi connectivity index (χ4n) is 9.70. The lowest BCUT2D eigenvalue weighted by Gasteiger charge is -2.41. The Bertz CT molecular complexity index is 2340. The highest BCUT2D eigenvalue weighted by atomic mass is 16.3. The van der Waals surface area contributed by atoms with Gasteiger partial charge in [0.05, 0.1) is 5.66 Å². The Morgan fingerprint density at radius 2 is 1.68 bits per heavy atom. The monoisotopic (exact) mass is 841 g/mol. The van der Waals surface area contributed by atoms with Gasteiger partial charge < -0.3 is 15.1 Å². The minimum absolute atomic E-state index is 0.0774. The standard InChI is InChI=1S/C59H77BN2O/c1-14-18-20-23-49(17-4)62-54(21-16-3)52(40-61-53-33-28-45(36-42(53)6)44-24-29-47(30-25-44)57(7,8)9)60(48-31-26-43(27-32-48)41(5)22-19-15-2)56-38-46-37-50-51(39-55(46)63-56)59(12,13)35-34-58(50,10)11/h16-18,20-21,23-26,28-29,31-33,36-41,43,47,61-62H,3-4,14-15,19,22,27,30,34-35H2,1-2,5-13H3/b20-18+,49-23+,52-40-,54-21+. The van der Waals surface area contributed by atoms with E-state index in [0.717, 1.165) is 64.9 Å². The van der Waals surface area contributed by atoms with Gasteiger partial charge in [-0.3, -0.25) is 0 Å². The lowest BCUT2D eigenvalue weighted by atomic mass is 9.36. The summed E-state index contributed by atoms with van der Waals surface area (Å²) in [6.45, 7) is 33.8. The highest BCUT2D eigenvalue weighted by Crippen LogP contribution is 2.47. The quantitative estimate of drug-likeness (QED) is 0.105. The lowest BCUT2D eigenvalue weighted by Crippen LogP contribution is -2.38. The molecule has 1 aromatic heterocycles. The summed E-state index contributed by atoms with van der Waals surface area (Å²) in [6.07, 6.45) is 37.9. The number of allylic oxidation sites excluding steroid dienone is 15. The van der Waals surface area contributed by atoms with Gasteiger partial charge in [0.1, 0.15) is 5.58 Å². The molecule has 332 valence electrons. The number of benzene rings is 2. The van der Waals surface area contributed by atoms with Crippen molar-refractivity contribution in [3.05, 3.63) is 173 Å². The molecule has 1 heterocycles. The summed E-state index contributed by atoms with van der Waals surface area (Å²) in [4.78, 5) is 0. The van der Waals surface area contributed by atoms with Crippen LogP contribution in [0.2, 0.25) is 0 Å². The number of nitrogens with one attached hydrogen (secondary N) is 2. The van der Waals surface area contributed by atoms with E-state index in [1.807, 2.05) is 12.2 Å². The highest BCUT2D eigenvalue weighted by molar-refractivity contribution is 6.86.